The van der Waals surface area contributed by atoms with Crippen molar-refractivity contribution >= 4 is 29.6 Å². The molecule has 0 aliphatic rings. The van der Waals surface area contributed by atoms with E-state index < -0.39 is 53.8 Å². The largest absolute Gasteiger partial charge is 0.480 e. The van der Waals surface area contributed by atoms with E-state index in [1.165, 1.54) is 13.8 Å². The first-order valence-corrected chi connectivity index (χ1v) is 9.73. The summed E-state index contributed by atoms with van der Waals surface area (Å²) in [5, 5.41) is 16.6. The van der Waals surface area contributed by atoms with Crippen LogP contribution in [-0.2, 0) is 30.4 Å². The van der Waals surface area contributed by atoms with Crippen molar-refractivity contribution in [1.82, 2.24) is 16.0 Å². The second kappa shape index (κ2) is 12.3. The van der Waals surface area contributed by atoms with Gasteiger partial charge < -0.3 is 32.5 Å². The minimum atomic E-state index is -1.36. The molecule has 8 N–H and O–H groups in total. The Hall–Kier alpha value is -3.47. The molecule has 0 aliphatic carbocycles. The number of aliphatic carboxylic acids is 1. The van der Waals surface area contributed by atoms with Gasteiger partial charge in [-0.1, -0.05) is 30.3 Å². The molecule has 0 aliphatic heterocycles. The molecule has 0 unspecified atom stereocenters. The van der Waals surface area contributed by atoms with E-state index in [4.69, 9.17) is 11.5 Å². The highest BCUT2D eigenvalue weighted by Crippen LogP contribution is 2.06. The third kappa shape index (κ3) is 9.26. The van der Waals surface area contributed by atoms with Crippen LogP contribution < -0.4 is 27.4 Å². The van der Waals surface area contributed by atoms with Crippen LogP contribution in [0.4, 0.5) is 0 Å². The number of benzene rings is 1. The molecule has 0 heterocycles. The van der Waals surface area contributed by atoms with E-state index in [1.54, 1.807) is 30.3 Å². The zero-order valence-corrected chi connectivity index (χ0v) is 17.5. The summed E-state index contributed by atoms with van der Waals surface area (Å²) in [5.74, 6) is -3.97. The number of carboxylic acids is 1. The molecule has 4 amide bonds. The van der Waals surface area contributed by atoms with Gasteiger partial charge in [0.25, 0.3) is 0 Å². The summed E-state index contributed by atoms with van der Waals surface area (Å²) in [6.07, 6.45) is -0.342. The molecule has 1 aromatic carbocycles. The van der Waals surface area contributed by atoms with Crippen molar-refractivity contribution in [2.75, 3.05) is 0 Å². The number of hydrogen-bond donors (Lipinski definition) is 6. The van der Waals surface area contributed by atoms with Crippen molar-refractivity contribution in [3.05, 3.63) is 35.9 Å². The van der Waals surface area contributed by atoms with E-state index in [-0.39, 0.29) is 19.3 Å². The van der Waals surface area contributed by atoms with Crippen LogP contribution in [0.15, 0.2) is 30.3 Å². The minimum Gasteiger partial charge on any atom is -0.480 e. The van der Waals surface area contributed by atoms with Crippen LogP contribution in [0.25, 0.3) is 0 Å². The van der Waals surface area contributed by atoms with E-state index in [2.05, 4.69) is 16.0 Å². The van der Waals surface area contributed by atoms with Crippen LogP contribution in [-0.4, -0.2) is 58.9 Å². The van der Waals surface area contributed by atoms with Crippen LogP contribution >= 0.6 is 0 Å². The molecule has 0 fully saturated rings. The van der Waals surface area contributed by atoms with Crippen molar-refractivity contribution < 1.29 is 29.1 Å². The molecule has 0 saturated carbocycles. The van der Waals surface area contributed by atoms with Crippen LogP contribution in [0.5, 0.6) is 0 Å². The zero-order valence-electron chi connectivity index (χ0n) is 17.5. The Kier molecular flexibility index (Phi) is 10.1. The highest BCUT2D eigenvalue weighted by Gasteiger charge is 2.28. The molecule has 170 valence electrons. The third-order valence-electron chi connectivity index (χ3n) is 4.38. The molecule has 0 aromatic heterocycles. The lowest BCUT2D eigenvalue weighted by Gasteiger charge is -2.23. The highest BCUT2D eigenvalue weighted by molar-refractivity contribution is 5.94. The predicted molar refractivity (Wildman–Crippen MR) is 111 cm³/mol. The number of carboxylic acid groups (broad SMARTS) is 1. The van der Waals surface area contributed by atoms with E-state index in [0.717, 1.165) is 5.56 Å². The first-order chi connectivity index (χ1) is 14.5. The number of rotatable bonds is 12. The van der Waals surface area contributed by atoms with E-state index in [0.29, 0.717) is 0 Å². The van der Waals surface area contributed by atoms with Gasteiger partial charge in [0.15, 0.2) is 0 Å². The Bertz CT molecular complexity index is 799. The second-order valence-electron chi connectivity index (χ2n) is 7.17. The summed E-state index contributed by atoms with van der Waals surface area (Å²) in [6.45, 7) is 2.89. The van der Waals surface area contributed by atoms with Gasteiger partial charge in [0.05, 0.1) is 6.04 Å². The lowest BCUT2D eigenvalue weighted by molar-refractivity contribution is -0.142. The normalized spacial score (nSPS) is 14.4. The number of nitrogens with two attached hydrogens (primary N) is 2. The van der Waals surface area contributed by atoms with Gasteiger partial charge in [0.1, 0.15) is 18.1 Å². The number of amides is 4. The predicted octanol–water partition coefficient (Wildman–Crippen LogP) is -1.60. The fourth-order valence-electron chi connectivity index (χ4n) is 2.58. The average Bonchev–Trinajstić information content (AvgIpc) is 2.70. The Morgan fingerprint density at radius 1 is 0.903 bits per heavy atom. The highest BCUT2D eigenvalue weighted by atomic mass is 16.4. The topological polar surface area (TPSA) is 194 Å². The second-order valence-corrected chi connectivity index (χ2v) is 7.17. The lowest BCUT2D eigenvalue weighted by atomic mass is 10.0. The van der Waals surface area contributed by atoms with Crippen molar-refractivity contribution in [1.29, 1.82) is 0 Å². The van der Waals surface area contributed by atoms with Crippen molar-refractivity contribution in [3.63, 3.8) is 0 Å². The van der Waals surface area contributed by atoms with Crippen molar-refractivity contribution in [2.45, 2.75) is 57.3 Å². The molecule has 11 nitrogen and oxygen atoms in total. The lowest BCUT2D eigenvalue weighted by Crippen LogP contribution is -2.56. The molecule has 0 spiro atoms. The molecule has 1 aromatic rings. The van der Waals surface area contributed by atoms with Gasteiger partial charge in [-0.05, 0) is 25.8 Å². The minimum absolute atomic E-state index is 0.0779. The quantitative estimate of drug-likeness (QED) is 0.227. The number of nitrogens with one attached hydrogen (secondary N) is 3. The van der Waals surface area contributed by atoms with Gasteiger partial charge >= 0.3 is 5.97 Å². The number of carbonyl (C=O) groups excluding carboxylic acids is 4. The van der Waals surface area contributed by atoms with Gasteiger partial charge in [-0.15, -0.1) is 0 Å². The molecule has 4 atom stereocenters. The average molecular weight is 435 g/mol. The van der Waals surface area contributed by atoms with Crippen LogP contribution in [0.1, 0.15) is 32.3 Å². The molecule has 0 bridgehead atoms. The summed E-state index contributed by atoms with van der Waals surface area (Å²) in [4.78, 5) is 59.4. The maximum absolute atomic E-state index is 12.8. The van der Waals surface area contributed by atoms with Gasteiger partial charge in [-0.3, -0.25) is 19.2 Å². The van der Waals surface area contributed by atoms with Crippen LogP contribution in [0.3, 0.4) is 0 Å². The molecule has 0 radical (unpaired) electrons. The maximum Gasteiger partial charge on any atom is 0.326 e. The fraction of sp³-hybridized carbons (Fsp3) is 0.450. The maximum atomic E-state index is 12.8. The number of primary amides is 1. The first kappa shape index (κ1) is 25.6. The van der Waals surface area contributed by atoms with Crippen molar-refractivity contribution in [2.24, 2.45) is 11.5 Å². The number of hydrogen-bond acceptors (Lipinski definition) is 6. The van der Waals surface area contributed by atoms with Crippen LogP contribution in [0, 0.1) is 0 Å². The number of carbonyl (C=O) groups is 5. The van der Waals surface area contributed by atoms with Gasteiger partial charge in [0.2, 0.25) is 23.6 Å². The van der Waals surface area contributed by atoms with E-state index in [9.17, 15) is 29.1 Å². The van der Waals surface area contributed by atoms with E-state index in [1.807, 2.05) is 0 Å². The molecular weight excluding hydrogens is 406 g/mol. The first-order valence-electron chi connectivity index (χ1n) is 9.73. The van der Waals surface area contributed by atoms with Crippen molar-refractivity contribution in [3.8, 4) is 0 Å². The summed E-state index contributed by atoms with van der Waals surface area (Å²) in [5.41, 5.74) is 11.2. The molecule has 31 heavy (non-hydrogen) atoms. The Balaban J connectivity index is 2.95. The Labute approximate surface area is 179 Å². The SMILES string of the molecule is C[C@H](N)C(=O)N[C@@H](C)C(=O)N[C@@H](Cc1ccccc1)C(=O)N[C@@H](CCC(N)=O)C(=O)O. The standard InChI is InChI=1S/C20H29N5O6/c1-11(21)17(27)23-12(2)18(28)25-15(10-13-6-4-3-5-7-13)19(29)24-14(20(30)31)8-9-16(22)26/h3-7,11-12,14-15H,8-10,21H2,1-2H3,(H2,22,26)(H,23,27)(H,24,29)(H,25,28)(H,30,31)/t11-,12-,14-,15-/m0/s1. The Morgan fingerprint density at radius 2 is 1.48 bits per heavy atom. The molecule has 0 saturated heterocycles. The Morgan fingerprint density at radius 3 is 2.00 bits per heavy atom. The molecular formula is C20H29N5O6. The van der Waals surface area contributed by atoms with E-state index >= 15 is 0 Å². The fourth-order valence-corrected chi connectivity index (χ4v) is 2.58. The molecule has 1 rings (SSSR count). The summed E-state index contributed by atoms with van der Waals surface area (Å²) < 4.78 is 0. The molecule has 11 heteroatoms. The zero-order chi connectivity index (χ0) is 23.6. The summed E-state index contributed by atoms with van der Waals surface area (Å²) in [7, 11) is 0. The monoisotopic (exact) mass is 435 g/mol. The summed E-state index contributed by atoms with van der Waals surface area (Å²) in [6, 6.07) is 4.51. The third-order valence-corrected chi connectivity index (χ3v) is 4.38. The van der Waals surface area contributed by atoms with Gasteiger partial charge in [0, 0.05) is 12.8 Å². The van der Waals surface area contributed by atoms with Gasteiger partial charge in [-0.2, -0.15) is 0 Å². The smallest absolute Gasteiger partial charge is 0.326 e. The summed E-state index contributed by atoms with van der Waals surface area (Å²) >= 11 is 0. The van der Waals surface area contributed by atoms with Crippen LogP contribution in [0.2, 0.25) is 0 Å². The van der Waals surface area contributed by atoms with Gasteiger partial charge in [-0.25, -0.2) is 4.79 Å².